The fraction of sp³-hybridized carbons (Fsp3) is 0.208. The average molecular weight is 457 g/mol. The lowest BCUT2D eigenvalue weighted by Gasteiger charge is -2.29. The van der Waals surface area contributed by atoms with Crippen molar-refractivity contribution in [3.05, 3.63) is 96.1 Å². The Hall–Kier alpha value is -2.77. The minimum absolute atomic E-state index is 0.100. The number of aldehydes is 1. The summed E-state index contributed by atoms with van der Waals surface area (Å²) in [5.41, 5.74) is 0.217. The normalized spacial score (nSPS) is 14.2. The molecular weight excluding hydrogens is 432 g/mol. The first-order chi connectivity index (χ1) is 14.6. The van der Waals surface area contributed by atoms with E-state index in [-0.39, 0.29) is 9.79 Å². The van der Waals surface area contributed by atoms with Crippen molar-refractivity contribution in [1.82, 2.24) is 0 Å². The third-order valence-corrected chi connectivity index (χ3v) is 10.5. The second kappa shape index (κ2) is 8.77. The first-order valence-corrected chi connectivity index (χ1v) is 12.8. The van der Waals surface area contributed by atoms with Crippen molar-refractivity contribution in [1.29, 1.82) is 0 Å². The minimum Gasteiger partial charge on any atom is -0.302 e. The van der Waals surface area contributed by atoms with E-state index in [0.717, 1.165) is 5.56 Å². The highest BCUT2D eigenvalue weighted by atomic mass is 32.3. The molecule has 0 aliphatic carbocycles. The molecule has 0 unspecified atom stereocenters. The Bertz CT molecular complexity index is 1180. The highest BCUT2D eigenvalue weighted by Crippen LogP contribution is 2.36. The summed E-state index contributed by atoms with van der Waals surface area (Å²) in [5.74, 6) is 0. The van der Waals surface area contributed by atoms with Gasteiger partial charge in [-0.15, -0.1) is 0 Å². The Morgan fingerprint density at radius 1 is 0.742 bits per heavy atom. The Kier molecular flexibility index (Phi) is 6.48. The predicted molar refractivity (Wildman–Crippen MR) is 120 cm³/mol. The predicted octanol–water partition coefficient (Wildman–Crippen LogP) is 4.12. The fourth-order valence-corrected chi connectivity index (χ4v) is 8.24. The molecule has 0 N–H and O–H groups in total. The number of aryl methyl sites for hydroxylation is 1. The van der Waals surface area contributed by atoms with Crippen molar-refractivity contribution in [2.75, 3.05) is 0 Å². The highest BCUT2D eigenvalue weighted by molar-refractivity contribution is 8.09. The van der Waals surface area contributed by atoms with Crippen molar-refractivity contribution in [2.24, 2.45) is 0 Å². The zero-order valence-corrected chi connectivity index (χ0v) is 18.9. The van der Waals surface area contributed by atoms with E-state index in [4.69, 9.17) is 0 Å². The third kappa shape index (κ3) is 4.62. The number of hydrogen-bond donors (Lipinski definition) is 0. The standard InChI is InChI=1S/C24H24O5S2/c1-19-13-15-20(16-14-19)24(2,18-25)17-23(30(26,27)21-9-5-3-6-10-21)31(28,29)22-11-7-4-8-12-22/h3-16,18,23H,17H2,1-2H3/t24-/m0/s1. The molecule has 162 valence electrons. The van der Waals surface area contributed by atoms with Crippen LogP contribution in [0.15, 0.2) is 94.7 Å². The van der Waals surface area contributed by atoms with Gasteiger partial charge >= 0.3 is 0 Å². The van der Waals surface area contributed by atoms with E-state index in [9.17, 15) is 21.6 Å². The van der Waals surface area contributed by atoms with Crippen LogP contribution in [0.5, 0.6) is 0 Å². The molecule has 0 radical (unpaired) electrons. The molecule has 0 spiro atoms. The summed E-state index contributed by atoms with van der Waals surface area (Å²) in [7, 11) is -8.63. The Balaban J connectivity index is 2.19. The van der Waals surface area contributed by atoms with Gasteiger partial charge in [0.1, 0.15) is 6.29 Å². The Labute approximate surface area is 183 Å². The van der Waals surface area contributed by atoms with E-state index in [2.05, 4.69) is 0 Å². The van der Waals surface area contributed by atoms with Crippen LogP contribution in [0.2, 0.25) is 0 Å². The molecular formula is C24H24O5S2. The van der Waals surface area contributed by atoms with E-state index >= 15 is 0 Å². The van der Waals surface area contributed by atoms with Crippen molar-refractivity contribution in [3.8, 4) is 0 Å². The summed E-state index contributed by atoms with van der Waals surface area (Å²) in [6.45, 7) is 3.46. The van der Waals surface area contributed by atoms with Gasteiger partial charge in [-0.05, 0) is 50.1 Å². The van der Waals surface area contributed by atoms with Crippen LogP contribution in [0.1, 0.15) is 24.5 Å². The quantitative estimate of drug-likeness (QED) is 0.476. The largest absolute Gasteiger partial charge is 0.302 e. The second-order valence-corrected chi connectivity index (χ2v) is 12.3. The SMILES string of the molecule is Cc1ccc([C@](C)(C=O)CC(S(=O)(=O)c2ccccc2)S(=O)(=O)c2ccccc2)cc1. The maximum absolute atomic E-state index is 13.5. The van der Waals surface area contributed by atoms with Crippen LogP contribution < -0.4 is 0 Å². The first kappa shape index (κ1) is 22.9. The van der Waals surface area contributed by atoms with Gasteiger partial charge in [-0.25, -0.2) is 16.8 Å². The van der Waals surface area contributed by atoms with Gasteiger partial charge in [0.25, 0.3) is 0 Å². The number of benzene rings is 3. The summed E-state index contributed by atoms with van der Waals surface area (Å²) >= 11 is 0. The minimum atomic E-state index is -4.31. The van der Waals surface area contributed by atoms with Gasteiger partial charge < -0.3 is 4.79 Å². The number of hydrogen-bond acceptors (Lipinski definition) is 5. The zero-order valence-electron chi connectivity index (χ0n) is 17.3. The van der Waals surface area contributed by atoms with E-state index in [1.165, 1.54) is 48.5 Å². The number of carbonyl (C=O) groups is 1. The smallest absolute Gasteiger partial charge is 0.195 e. The topological polar surface area (TPSA) is 85.3 Å². The van der Waals surface area contributed by atoms with Crippen LogP contribution in [0.4, 0.5) is 0 Å². The van der Waals surface area contributed by atoms with Gasteiger partial charge in [0.2, 0.25) is 0 Å². The van der Waals surface area contributed by atoms with E-state index < -0.39 is 36.1 Å². The maximum atomic E-state index is 13.5. The maximum Gasteiger partial charge on any atom is 0.195 e. The summed E-state index contributed by atoms with van der Waals surface area (Å²) < 4.78 is 52.3. The highest BCUT2D eigenvalue weighted by Gasteiger charge is 2.45. The number of sulfone groups is 2. The van der Waals surface area contributed by atoms with Crippen LogP contribution >= 0.6 is 0 Å². The number of rotatable bonds is 8. The molecule has 0 saturated carbocycles. The summed E-state index contributed by atoms with van der Waals surface area (Å²) in [6, 6.07) is 22.0. The van der Waals surface area contributed by atoms with Gasteiger partial charge in [0.15, 0.2) is 24.3 Å². The molecule has 31 heavy (non-hydrogen) atoms. The molecule has 3 aromatic carbocycles. The Morgan fingerprint density at radius 3 is 1.55 bits per heavy atom. The van der Waals surface area contributed by atoms with Crippen LogP contribution in [0, 0.1) is 6.92 Å². The molecule has 0 bridgehead atoms. The lowest BCUT2D eigenvalue weighted by atomic mass is 9.81. The molecule has 5 nitrogen and oxygen atoms in total. The first-order valence-electron chi connectivity index (χ1n) is 9.73. The van der Waals surface area contributed by atoms with Crippen molar-refractivity contribution < 1.29 is 21.6 Å². The van der Waals surface area contributed by atoms with Crippen LogP contribution in [0.3, 0.4) is 0 Å². The van der Waals surface area contributed by atoms with Gasteiger partial charge in [-0.2, -0.15) is 0 Å². The monoisotopic (exact) mass is 456 g/mol. The molecule has 0 aliphatic heterocycles. The summed E-state index contributed by atoms with van der Waals surface area (Å²) in [5, 5.41) is 0. The van der Waals surface area contributed by atoms with Crippen LogP contribution in [0.25, 0.3) is 0 Å². The molecule has 3 aromatic rings. The van der Waals surface area contributed by atoms with Crippen molar-refractivity contribution >= 4 is 26.0 Å². The molecule has 0 aliphatic rings. The van der Waals surface area contributed by atoms with Gasteiger partial charge in [-0.3, -0.25) is 0 Å². The second-order valence-electron chi connectivity index (χ2n) is 7.75. The molecule has 0 fully saturated rings. The van der Waals surface area contributed by atoms with Crippen LogP contribution in [-0.4, -0.2) is 27.7 Å². The summed E-state index contributed by atoms with van der Waals surface area (Å²) in [4.78, 5) is 12.0. The van der Waals surface area contributed by atoms with Gasteiger partial charge in [0.05, 0.1) is 15.2 Å². The third-order valence-electron chi connectivity index (χ3n) is 5.40. The molecule has 7 heteroatoms. The molecule has 0 aromatic heterocycles. The lowest BCUT2D eigenvalue weighted by molar-refractivity contribution is -0.112. The molecule has 3 rings (SSSR count). The molecule has 0 heterocycles. The van der Waals surface area contributed by atoms with Gasteiger partial charge in [0, 0.05) is 0 Å². The molecule has 0 amide bonds. The van der Waals surface area contributed by atoms with Crippen molar-refractivity contribution in [2.45, 2.75) is 40.1 Å². The van der Waals surface area contributed by atoms with Crippen LogP contribution in [-0.2, 0) is 29.9 Å². The van der Waals surface area contributed by atoms with E-state index in [1.807, 2.05) is 19.1 Å². The lowest BCUT2D eigenvalue weighted by Crippen LogP contribution is -2.39. The molecule has 1 atom stereocenters. The van der Waals surface area contributed by atoms with Crippen molar-refractivity contribution in [3.63, 3.8) is 0 Å². The summed E-state index contributed by atoms with van der Waals surface area (Å²) in [6.07, 6.45) is 0.222. The Morgan fingerprint density at radius 2 is 1.16 bits per heavy atom. The zero-order chi connectivity index (χ0) is 22.7. The van der Waals surface area contributed by atoms with E-state index in [1.54, 1.807) is 31.2 Å². The van der Waals surface area contributed by atoms with E-state index in [0.29, 0.717) is 11.8 Å². The molecule has 0 saturated heterocycles. The fourth-order valence-electron chi connectivity index (χ4n) is 3.42. The average Bonchev–Trinajstić information content (AvgIpc) is 2.78. The number of carbonyl (C=O) groups excluding carboxylic acids is 1. The van der Waals surface area contributed by atoms with Gasteiger partial charge in [-0.1, -0.05) is 66.2 Å².